The van der Waals surface area contributed by atoms with Gasteiger partial charge in [-0.1, -0.05) is 31.5 Å². The van der Waals surface area contributed by atoms with E-state index in [1.807, 2.05) is 31.2 Å². The highest BCUT2D eigenvalue weighted by Crippen LogP contribution is 2.32. The predicted octanol–water partition coefficient (Wildman–Crippen LogP) is 2.01. The maximum absolute atomic E-state index is 11.0. The SMILES string of the molecule is CCCC(NCC1COc2ccccc21)C(=O)O. The first kappa shape index (κ1) is 12.9. The number of aliphatic carboxylic acids is 1. The van der Waals surface area contributed by atoms with Crippen molar-refractivity contribution in [3.8, 4) is 5.75 Å². The molecule has 0 spiro atoms. The van der Waals surface area contributed by atoms with Gasteiger partial charge in [-0.25, -0.2) is 0 Å². The Hall–Kier alpha value is -1.55. The Morgan fingerprint density at radius 2 is 2.33 bits per heavy atom. The highest BCUT2D eigenvalue weighted by atomic mass is 16.5. The second-order valence-electron chi connectivity index (χ2n) is 4.63. The summed E-state index contributed by atoms with van der Waals surface area (Å²) >= 11 is 0. The largest absolute Gasteiger partial charge is 0.493 e. The lowest BCUT2D eigenvalue weighted by Gasteiger charge is -2.16. The van der Waals surface area contributed by atoms with Crippen LogP contribution in [0.15, 0.2) is 24.3 Å². The lowest BCUT2D eigenvalue weighted by molar-refractivity contribution is -0.139. The lowest BCUT2D eigenvalue weighted by atomic mass is 10.0. The molecule has 1 aromatic rings. The molecule has 0 radical (unpaired) electrons. The van der Waals surface area contributed by atoms with E-state index >= 15 is 0 Å². The molecule has 1 aliphatic rings. The first-order valence-electron chi connectivity index (χ1n) is 6.40. The topological polar surface area (TPSA) is 58.6 Å². The van der Waals surface area contributed by atoms with E-state index in [4.69, 9.17) is 9.84 Å². The van der Waals surface area contributed by atoms with Gasteiger partial charge in [0.2, 0.25) is 0 Å². The predicted molar refractivity (Wildman–Crippen MR) is 69.0 cm³/mol. The van der Waals surface area contributed by atoms with Crippen molar-refractivity contribution < 1.29 is 14.6 Å². The molecule has 0 aromatic heterocycles. The fraction of sp³-hybridized carbons (Fsp3) is 0.500. The molecule has 1 heterocycles. The molecule has 1 aromatic carbocycles. The quantitative estimate of drug-likeness (QED) is 0.809. The summed E-state index contributed by atoms with van der Waals surface area (Å²) < 4.78 is 5.58. The molecule has 2 unspecified atom stereocenters. The van der Waals surface area contributed by atoms with Gasteiger partial charge in [-0.2, -0.15) is 0 Å². The van der Waals surface area contributed by atoms with E-state index in [1.165, 1.54) is 5.56 Å². The monoisotopic (exact) mass is 249 g/mol. The molecule has 2 rings (SSSR count). The molecule has 0 saturated heterocycles. The zero-order chi connectivity index (χ0) is 13.0. The maximum atomic E-state index is 11.0. The van der Waals surface area contributed by atoms with E-state index in [2.05, 4.69) is 5.32 Å². The first-order chi connectivity index (χ1) is 8.72. The molecule has 1 aliphatic heterocycles. The molecule has 98 valence electrons. The van der Waals surface area contributed by atoms with Gasteiger partial charge < -0.3 is 15.2 Å². The summed E-state index contributed by atoms with van der Waals surface area (Å²) in [7, 11) is 0. The van der Waals surface area contributed by atoms with Crippen molar-refractivity contribution in [3.63, 3.8) is 0 Å². The Morgan fingerprint density at radius 3 is 3.06 bits per heavy atom. The van der Waals surface area contributed by atoms with Gasteiger partial charge in [0.1, 0.15) is 11.8 Å². The fourth-order valence-electron chi connectivity index (χ4n) is 2.28. The Morgan fingerprint density at radius 1 is 1.56 bits per heavy atom. The minimum atomic E-state index is -0.774. The third-order valence-electron chi connectivity index (χ3n) is 3.28. The summed E-state index contributed by atoms with van der Waals surface area (Å²) in [4.78, 5) is 11.0. The zero-order valence-corrected chi connectivity index (χ0v) is 10.6. The number of rotatable bonds is 6. The molecule has 18 heavy (non-hydrogen) atoms. The molecule has 4 heteroatoms. The Balaban J connectivity index is 1.93. The Bertz CT molecular complexity index is 419. The van der Waals surface area contributed by atoms with E-state index in [0.29, 0.717) is 19.6 Å². The highest BCUT2D eigenvalue weighted by Gasteiger charge is 2.25. The van der Waals surface area contributed by atoms with Crippen molar-refractivity contribution >= 4 is 5.97 Å². The van der Waals surface area contributed by atoms with Crippen LogP contribution in [0.2, 0.25) is 0 Å². The van der Waals surface area contributed by atoms with Crippen molar-refractivity contribution in [2.24, 2.45) is 0 Å². The fourth-order valence-corrected chi connectivity index (χ4v) is 2.28. The Kier molecular flexibility index (Phi) is 4.20. The van der Waals surface area contributed by atoms with Crippen molar-refractivity contribution in [2.45, 2.75) is 31.7 Å². The number of hydrogen-bond donors (Lipinski definition) is 2. The molecule has 0 aliphatic carbocycles. The summed E-state index contributed by atoms with van der Waals surface area (Å²) in [6.45, 7) is 3.27. The number of ether oxygens (including phenoxy) is 1. The summed E-state index contributed by atoms with van der Waals surface area (Å²) in [6.07, 6.45) is 1.52. The van der Waals surface area contributed by atoms with Crippen molar-refractivity contribution in [2.75, 3.05) is 13.2 Å². The van der Waals surface area contributed by atoms with E-state index < -0.39 is 12.0 Å². The van der Waals surface area contributed by atoms with Crippen molar-refractivity contribution in [3.05, 3.63) is 29.8 Å². The van der Waals surface area contributed by atoms with Crippen LogP contribution >= 0.6 is 0 Å². The van der Waals surface area contributed by atoms with Gasteiger partial charge in [-0.05, 0) is 12.5 Å². The summed E-state index contributed by atoms with van der Waals surface area (Å²) in [5.74, 6) is 0.399. The molecule has 2 N–H and O–H groups in total. The number of fused-ring (bicyclic) bond motifs is 1. The first-order valence-corrected chi connectivity index (χ1v) is 6.40. The van der Waals surface area contributed by atoms with Crippen molar-refractivity contribution in [1.82, 2.24) is 5.32 Å². The summed E-state index contributed by atoms with van der Waals surface area (Å²) in [5, 5.41) is 12.2. The van der Waals surface area contributed by atoms with Crippen molar-refractivity contribution in [1.29, 1.82) is 0 Å². The van der Waals surface area contributed by atoms with Crippen LogP contribution in [0, 0.1) is 0 Å². The van der Waals surface area contributed by atoms with E-state index in [1.54, 1.807) is 0 Å². The molecule has 4 nitrogen and oxygen atoms in total. The molecular formula is C14H19NO3. The van der Waals surface area contributed by atoms with Crippen LogP contribution in [-0.2, 0) is 4.79 Å². The van der Waals surface area contributed by atoms with E-state index in [-0.39, 0.29) is 5.92 Å². The average Bonchev–Trinajstić information content (AvgIpc) is 2.77. The zero-order valence-electron chi connectivity index (χ0n) is 10.6. The second-order valence-corrected chi connectivity index (χ2v) is 4.63. The summed E-state index contributed by atoms with van der Waals surface area (Å²) in [6, 6.07) is 7.48. The van der Waals surface area contributed by atoms with Crippen LogP contribution in [0.3, 0.4) is 0 Å². The minimum Gasteiger partial charge on any atom is -0.493 e. The van der Waals surface area contributed by atoms with Gasteiger partial charge >= 0.3 is 5.97 Å². The number of carbonyl (C=O) groups is 1. The number of benzene rings is 1. The average molecular weight is 249 g/mol. The highest BCUT2D eigenvalue weighted by molar-refractivity contribution is 5.73. The van der Waals surface area contributed by atoms with Gasteiger partial charge in [-0.15, -0.1) is 0 Å². The number of para-hydroxylation sites is 1. The second kappa shape index (κ2) is 5.87. The Labute approximate surface area is 107 Å². The standard InChI is InChI=1S/C14H19NO3/c1-2-5-12(14(16)17)15-8-10-9-18-13-7-4-3-6-11(10)13/h3-4,6-7,10,12,15H,2,5,8-9H2,1H3,(H,16,17). The molecule has 0 bridgehead atoms. The number of carboxylic acids is 1. The molecule has 0 amide bonds. The lowest BCUT2D eigenvalue weighted by Crippen LogP contribution is -2.39. The number of nitrogens with one attached hydrogen (secondary N) is 1. The minimum absolute atomic E-state index is 0.250. The molecule has 0 fully saturated rings. The van der Waals surface area contributed by atoms with Gasteiger partial charge in [0.15, 0.2) is 0 Å². The van der Waals surface area contributed by atoms with Gasteiger partial charge in [0.25, 0.3) is 0 Å². The maximum Gasteiger partial charge on any atom is 0.320 e. The van der Waals surface area contributed by atoms with Crippen LogP contribution < -0.4 is 10.1 Å². The van der Waals surface area contributed by atoms with Crippen LogP contribution in [-0.4, -0.2) is 30.3 Å². The molecular weight excluding hydrogens is 230 g/mol. The third-order valence-corrected chi connectivity index (χ3v) is 3.28. The van der Waals surface area contributed by atoms with Gasteiger partial charge in [0.05, 0.1) is 6.61 Å². The smallest absolute Gasteiger partial charge is 0.320 e. The van der Waals surface area contributed by atoms with Crippen LogP contribution in [0.4, 0.5) is 0 Å². The van der Waals surface area contributed by atoms with Crippen LogP contribution in [0.5, 0.6) is 5.75 Å². The van der Waals surface area contributed by atoms with Crippen LogP contribution in [0.25, 0.3) is 0 Å². The molecule has 0 saturated carbocycles. The normalized spacial score (nSPS) is 19.1. The van der Waals surface area contributed by atoms with Crippen LogP contribution in [0.1, 0.15) is 31.2 Å². The number of hydrogen-bond acceptors (Lipinski definition) is 3. The van der Waals surface area contributed by atoms with Gasteiger partial charge in [0, 0.05) is 18.0 Å². The van der Waals surface area contributed by atoms with E-state index in [0.717, 1.165) is 12.2 Å². The van der Waals surface area contributed by atoms with E-state index in [9.17, 15) is 4.79 Å². The number of carboxylic acid groups (broad SMARTS) is 1. The molecule has 2 atom stereocenters. The van der Waals surface area contributed by atoms with Gasteiger partial charge in [-0.3, -0.25) is 4.79 Å². The summed E-state index contributed by atoms with van der Waals surface area (Å²) in [5.41, 5.74) is 1.17. The third kappa shape index (κ3) is 2.82.